The second-order valence-corrected chi connectivity index (χ2v) is 6.59. The number of carboxylic acid groups (broad SMARTS) is 1. The smallest absolute Gasteiger partial charge is 0.307 e. The van der Waals surface area contributed by atoms with E-state index in [2.05, 4.69) is 21.9 Å². The minimum absolute atomic E-state index is 0.0395. The van der Waals surface area contributed by atoms with Gasteiger partial charge in [-0.2, -0.15) is 0 Å². The average molecular weight is 370 g/mol. The molecule has 0 aromatic heterocycles. The van der Waals surface area contributed by atoms with E-state index in [4.69, 9.17) is 14.6 Å². The van der Waals surface area contributed by atoms with Gasteiger partial charge in [-0.3, -0.25) is 9.69 Å². The number of carbonyl (C=O) groups is 1. The first-order valence-corrected chi connectivity index (χ1v) is 9.19. The molecule has 0 radical (unpaired) electrons. The Labute approximate surface area is 159 Å². The normalized spacial score (nSPS) is 14.8. The first kappa shape index (κ1) is 19.0. The third-order valence-corrected chi connectivity index (χ3v) is 4.75. The summed E-state index contributed by atoms with van der Waals surface area (Å²) in [6.45, 7) is 5.46. The van der Waals surface area contributed by atoms with E-state index in [9.17, 15) is 4.79 Å². The quantitative estimate of drug-likeness (QED) is 0.770. The predicted molar refractivity (Wildman–Crippen MR) is 105 cm³/mol. The van der Waals surface area contributed by atoms with E-state index in [0.29, 0.717) is 6.61 Å². The minimum Gasteiger partial charge on any atom is -0.497 e. The van der Waals surface area contributed by atoms with E-state index in [1.807, 2.05) is 24.3 Å². The van der Waals surface area contributed by atoms with Gasteiger partial charge in [-0.05, 0) is 29.8 Å². The Hall–Kier alpha value is -2.73. The van der Waals surface area contributed by atoms with Crippen molar-refractivity contribution in [2.45, 2.75) is 6.42 Å². The van der Waals surface area contributed by atoms with Crippen LogP contribution in [0.4, 0.5) is 5.69 Å². The lowest BCUT2D eigenvalue weighted by molar-refractivity contribution is -0.136. The lowest BCUT2D eigenvalue weighted by Crippen LogP contribution is -2.47. The Morgan fingerprint density at radius 2 is 1.78 bits per heavy atom. The van der Waals surface area contributed by atoms with E-state index >= 15 is 0 Å². The van der Waals surface area contributed by atoms with Crippen molar-refractivity contribution in [1.82, 2.24) is 4.90 Å². The molecule has 3 rings (SSSR count). The zero-order valence-corrected chi connectivity index (χ0v) is 15.6. The number of carboxylic acids is 1. The molecular formula is C21H26N2O4. The Bertz CT molecular complexity index is 740. The molecule has 1 saturated heterocycles. The molecule has 0 aliphatic carbocycles. The van der Waals surface area contributed by atoms with Crippen LogP contribution in [0, 0.1) is 0 Å². The van der Waals surface area contributed by atoms with Crippen LogP contribution in [0.2, 0.25) is 0 Å². The van der Waals surface area contributed by atoms with Crippen molar-refractivity contribution in [2.75, 3.05) is 51.3 Å². The zero-order chi connectivity index (χ0) is 19.1. The highest BCUT2D eigenvalue weighted by molar-refractivity contribution is 5.70. The zero-order valence-electron chi connectivity index (χ0n) is 15.6. The molecule has 6 nitrogen and oxygen atoms in total. The van der Waals surface area contributed by atoms with Crippen LogP contribution in [0.5, 0.6) is 11.5 Å². The number of hydrogen-bond acceptors (Lipinski definition) is 5. The van der Waals surface area contributed by atoms with Crippen LogP contribution in [-0.4, -0.2) is 62.4 Å². The van der Waals surface area contributed by atoms with Gasteiger partial charge in [0.2, 0.25) is 0 Å². The van der Waals surface area contributed by atoms with Crippen LogP contribution in [0.25, 0.3) is 0 Å². The summed E-state index contributed by atoms with van der Waals surface area (Å²) in [4.78, 5) is 15.5. The van der Waals surface area contributed by atoms with E-state index in [1.165, 1.54) is 5.69 Å². The van der Waals surface area contributed by atoms with Crippen LogP contribution in [0.1, 0.15) is 5.56 Å². The summed E-state index contributed by atoms with van der Waals surface area (Å²) in [7, 11) is 1.69. The molecule has 1 aliphatic rings. The number of rotatable bonds is 8. The molecule has 144 valence electrons. The second kappa shape index (κ2) is 9.28. The SMILES string of the molecule is COc1cccc(N2CCN(CCOc3ccc(CC(=O)O)cc3)CC2)c1. The van der Waals surface area contributed by atoms with Crippen molar-refractivity contribution in [3.63, 3.8) is 0 Å². The Balaban J connectivity index is 1.40. The van der Waals surface area contributed by atoms with Gasteiger partial charge in [-0.15, -0.1) is 0 Å². The summed E-state index contributed by atoms with van der Waals surface area (Å²) < 4.78 is 11.1. The van der Waals surface area contributed by atoms with Gasteiger partial charge >= 0.3 is 5.97 Å². The molecule has 27 heavy (non-hydrogen) atoms. The van der Waals surface area contributed by atoms with Crippen molar-refractivity contribution < 1.29 is 19.4 Å². The summed E-state index contributed by atoms with van der Waals surface area (Å²) in [5.74, 6) is 0.841. The van der Waals surface area contributed by atoms with Gasteiger partial charge in [-0.1, -0.05) is 18.2 Å². The molecule has 2 aromatic carbocycles. The number of aliphatic carboxylic acids is 1. The van der Waals surface area contributed by atoms with Gasteiger partial charge in [-0.25, -0.2) is 0 Å². The van der Waals surface area contributed by atoms with Gasteiger partial charge in [0.25, 0.3) is 0 Å². The van der Waals surface area contributed by atoms with E-state index in [0.717, 1.165) is 49.8 Å². The number of anilines is 1. The predicted octanol–water partition coefficient (Wildman–Crippen LogP) is 2.52. The highest BCUT2D eigenvalue weighted by Gasteiger charge is 2.17. The van der Waals surface area contributed by atoms with Gasteiger partial charge in [0, 0.05) is 44.5 Å². The first-order valence-electron chi connectivity index (χ1n) is 9.19. The number of ether oxygens (including phenoxy) is 2. The number of nitrogens with zero attached hydrogens (tertiary/aromatic N) is 2. The van der Waals surface area contributed by atoms with Gasteiger partial charge in [0.05, 0.1) is 13.5 Å². The topological polar surface area (TPSA) is 62.2 Å². The molecule has 0 amide bonds. The highest BCUT2D eigenvalue weighted by Crippen LogP contribution is 2.22. The van der Waals surface area contributed by atoms with Crippen molar-refractivity contribution in [3.8, 4) is 11.5 Å². The average Bonchev–Trinajstić information content (AvgIpc) is 2.69. The minimum atomic E-state index is -0.822. The molecule has 0 bridgehead atoms. The van der Waals surface area contributed by atoms with Crippen LogP contribution in [0.3, 0.4) is 0 Å². The second-order valence-electron chi connectivity index (χ2n) is 6.59. The fourth-order valence-electron chi connectivity index (χ4n) is 3.21. The van der Waals surface area contributed by atoms with Crippen molar-refractivity contribution in [3.05, 3.63) is 54.1 Å². The van der Waals surface area contributed by atoms with Crippen molar-refractivity contribution >= 4 is 11.7 Å². The summed E-state index contributed by atoms with van der Waals surface area (Å²) in [5, 5.41) is 8.79. The monoisotopic (exact) mass is 370 g/mol. The van der Waals surface area contributed by atoms with Crippen LogP contribution < -0.4 is 14.4 Å². The number of piperazine rings is 1. The van der Waals surface area contributed by atoms with Gasteiger partial charge < -0.3 is 19.5 Å². The molecule has 1 aliphatic heterocycles. The molecule has 1 heterocycles. The van der Waals surface area contributed by atoms with E-state index in [1.54, 1.807) is 19.2 Å². The maximum absolute atomic E-state index is 10.7. The fraction of sp³-hybridized carbons (Fsp3) is 0.381. The molecule has 0 saturated carbocycles. The Kier molecular flexibility index (Phi) is 6.54. The maximum Gasteiger partial charge on any atom is 0.307 e. The van der Waals surface area contributed by atoms with E-state index in [-0.39, 0.29) is 6.42 Å². The summed E-state index contributed by atoms with van der Waals surface area (Å²) >= 11 is 0. The number of benzene rings is 2. The molecule has 1 N–H and O–H groups in total. The molecule has 0 unspecified atom stereocenters. The third-order valence-electron chi connectivity index (χ3n) is 4.75. The Morgan fingerprint density at radius 3 is 2.44 bits per heavy atom. The molecular weight excluding hydrogens is 344 g/mol. The maximum atomic E-state index is 10.7. The number of hydrogen-bond donors (Lipinski definition) is 1. The fourth-order valence-corrected chi connectivity index (χ4v) is 3.21. The number of methoxy groups -OCH3 is 1. The van der Waals surface area contributed by atoms with Gasteiger partial charge in [0.1, 0.15) is 18.1 Å². The first-order chi connectivity index (χ1) is 13.1. The largest absolute Gasteiger partial charge is 0.497 e. The molecule has 6 heteroatoms. The van der Waals surface area contributed by atoms with Crippen LogP contribution in [0.15, 0.2) is 48.5 Å². The van der Waals surface area contributed by atoms with E-state index < -0.39 is 5.97 Å². The lowest BCUT2D eigenvalue weighted by Gasteiger charge is -2.36. The third kappa shape index (κ3) is 5.62. The molecule has 1 fully saturated rings. The summed E-state index contributed by atoms with van der Waals surface area (Å²) in [5.41, 5.74) is 1.98. The van der Waals surface area contributed by atoms with Gasteiger partial charge in [0.15, 0.2) is 0 Å². The molecule has 0 atom stereocenters. The molecule has 2 aromatic rings. The molecule has 0 spiro atoms. The van der Waals surface area contributed by atoms with Crippen molar-refractivity contribution in [2.24, 2.45) is 0 Å². The highest BCUT2D eigenvalue weighted by atomic mass is 16.5. The summed E-state index contributed by atoms with van der Waals surface area (Å²) in [6, 6.07) is 15.5. The van der Waals surface area contributed by atoms with Crippen molar-refractivity contribution in [1.29, 1.82) is 0 Å². The lowest BCUT2D eigenvalue weighted by atomic mass is 10.1. The van der Waals surface area contributed by atoms with Crippen LogP contribution >= 0.6 is 0 Å². The summed E-state index contributed by atoms with van der Waals surface area (Å²) in [6.07, 6.45) is 0.0395. The van der Waals surface area contributed by atoms with Crippen LogP contribution in [-0.2, 0) is 11.2 Å². The Morgan fingerprint density at radius 1 is 1.04 bits per heavy atom. The standard InChI is InChI=1S/C21H26N2O4/c1-26-20-4-2-3-18(16-20)23-11-9-22(10-12-23)13-14-27-19-7-5-17(6-8-19)15-21(24)25/h2-8,16H,9-15H2,1H3,(H,24,25).